The van der Waals surface area contributed by atoms with Gasteiger partial charge in [-0.25, -0.2) is 12.7 Å². The fraction of sp³-hybridized carbons (Fsp3) is 0.273. The largest absolute Gasteiger partial charge is 0.383 e. The van der Waals surface area contributed by atoms with Crippen LogP contribution in [-0.4, -0.2) is 41.5 Å². The van der Waals surface area contributed by atoms with Crippen molar-refractivity contribution >= 4 is 15.8 Å². The summed E-state index contributed by atoms with van der Waals surface area (Å²) < 4.78 is 25.7. The van der Waals surface area contributed by atoms with E-state index in [9.17, 15) is 8.42 Å². The molecule has 0 radical (unpaired) electrons. The second-order valence-electron chi connectivity index (χ2n) is 4.08. The zero-order chi connectivity index (χ0) is 13.9. The van der Waals surface area contributed by atoms with Crippen LogP contribution in [-0.2, 0) is 16.4 Å². The van der Waals surface area contributed by atoms with Gasteiger partial charge in [-0.3, -0.25) is 10.1 Å². The fourth-order valence-corrected chi connectivity index (χ4v) is 2.79. The summed E-state index contributed by atoms with van der Waals surface area (Å²) in [6.45, 7) is 0.358. The highest BCUT2D eigenvalue weighted by Gasteiger charge is 2.24. The molecule has 102 valence electrons. The Bertz CT molecular complexity index is 638. The molecule has 7 nitrogen and oxygen atoms in total. The summed E-state index contributed by atoms with van der Waals surface area (Å²) in [5, 5.41) is 6.04. The third-order valence-corrected chi connectivity index (χ3v) is 4.67. The number of nitrogens with one attached hydrogen (secondary N) is 1. The van der Waals surface area contributed by atoms with Crippen molar-refractivity contribution in [3.63, 3.8) is 0 Å². The van der Waals surface area contributed by atoms with Crippen LogP contribution in [0.2, 0.25) is 0 Å². The summed E-state index contributed by atoms with van der Waals surface area (Å²) in [7, 11) is -2.08. The van der Waals surface area contributed by atoms with Gasteiger partial charge in [0.25, 0.3) is 0 Å². The van der Waals surface area contributed by atoms with Crippen LogP contribution >= 0.6 is 0 Å². The Morgan fingerprint density at radius 2 is 2.05 bits per heavy atom. The molecule has 3 N–H and O–H groups in total. The number of hydrogen-bond donors (Lipinski definition) is 2. The molecule has 0 atom stereocenters. The molecule has 0 amide bonds. The van der Waals surface area contributed by atoms with Gasteiger partial charge in [0.1, 0.15) is 10.7 Å². The minimum atomic E-state index is -3.60. The second kappa shape index (κ2) is 5.37. The monoisotopic (exact) mass is 281 g/mol. The van der Waals surface area contributed by atoms with E-state index >= 15 is 0 Å². The number of sulfonamides is 1. The maximum Gasteiger partial charge on any atom is 0.248 e. The smallest absolute Gasteiger partial charge is 0.248 e. The zero-order valence-electron chi connectivity index (χ0n) is 10.4. The Kier molecular flexibility index (Phi) is 3.82. The summed E-state index contributed by atoms with van der Waals surface area (Å²) in [6, 6.07) is 3.71. The molecule has 0 aliphatic heterocycles. The third-order valence-electron chi connectivity index (χ3n) is 2.79. The summed E-state index contributed by atoms with van der Waals surface area (Å²) >= 11 is 0. The minimum Gasteiger partial charge on any atom is -0.383 e. The van der Waals surface area contributed by atoms with E-state index in [1.54, 1.807) is 12.4 Å². The molecule has 0 bridgehead atoms. The number of nitrogens with zero attached hydrogens (tertiary/aromatic N) is 3. The van der Waals surface area contributed by atoms with Crippen LogP contribution in [0.5, 0.6) is 0 Å². The van der Waals surface area contributed by atoms with Crippen LogP contribution in [0.25, 0.3) is 0 Å². The molecular weight excluding hydrogens is 266 g/mol. The topological polar surface area (TPSA) is 105 Å². The van der Waals surface area contributed by atoms with Gasteiger partial charge in [0.05, 0.1) is 6.20 Å². The molecule has 2 aromatic heterocycles. The normalized spacial score (nSPS) is 11.9. The Morgan fingerprint density at radius 1 is 1.37 bits per heavy atom. The van der Waals surface area contributed by atoms with Crippen LogP contribution in [0, 0.1) is 0 Å². The molecule has 0 aliphatic carbocycles. The molecule has 0 saturated carbocycles. The van der Waals surface area contributed by atoms with E-state index < -0.39 is 10.0 Å². The maximum atomic E-state index is 12.2. The molecule has 19 heavy (non-hydrogen) atoms. The average molecular weight is 281 g/mol. The molecular formula is C11H15N5O2S. The molecule has 2 aromatic rings. The summed E-state index contributed by atoms with van der Waals surface area (Å²) in [5.74, 6) is 0.0516. The summed E-state index contributed by atoms with van der Waals surface area (Å²) in [4.78, 5) is 3.92. The van der Waals surface area contributed by atoms with Gasteiger partial charge in [0.2, 0.25) is 10.0 Å². The first-order chi connectivity index (χ1) is 9.01. The highest BCUT2D eigenvalue weighted by molar-refractivity contribution is 7.89. The van der Waals surface area contributed by atoms with E-state index in [0.29, 0.717) is 13.0 Å². The number of pyridine rings is 1. The van der Waals surface area contributed by atoms with Crippen molar-refractivity contribution < 1.29 is 8.42 Å². The first-order valence-corrected chi connectivity index (χ1v) is 7.10. The predicted octanol–water partition coefficient (Wildman–Crippen LogP) is 0.250. The number of H-pyrrole nitrogens is 1. The molecule has 0 aromatic carbocycles. The second-order valence-corrected chi connectivity index (χ2v) is 6.09. The predicted molar refractivity (Wildman–Crippen MR) is 70.8 cm³/mol. The highest BCUT2D eigenvalue weighted by Crippen LogP contribution is 2.18. The van der Waals surface area contributed by atoms with E-state index in [4.69, 9.17) is 5.73 Å². The van der Waals surface area contributed by atoms with E-state index in [2.05, 4.69) is 15.2 Å². The number of rotatable bonds is 5. The van der Waals surface area contributed by atoms with E-state index in [-0.39, 0.29) is 10.7 Å². The first-order valence-electron chi connectivity index (χ1n) is 5.66. The number of likely N-dealkylation sites (N-methyl/N-ethyl adjacent to an activating group) is 1. The van der Waals surface area contributed by atoms with Gasteiger partial charge in [0, 0.05) is 26.0 Å². The summed E-state index contributed by atoms with van der Waals surface area (Å²) in [5.41, 5.74) is 6.56. The van der Waals surface area contributed by atoms with Gasteiger partial charge in [-0.2, -0.15) is 5.10 Å². The lowest BCUT2D eigenvalue weighted by Crippen LogP contribution is -2.29. The van der Waals surface area contributed by atoms with Crippen LogP contribution in [0.15, 0.2) is 35.6 Å². The van der Waals surface area contributed by atoms with Gasteiger partial charge >= 0.3 is 0 Å². The molecule has 8 heteroatoms. The van der Waals surface area contributed by atoms with Crippen molar-refractivity contribution in [2.24, 2.45) is 0 Å². The van der Waals surface area contributed by atoms with Crippen molar-refractivity contribution in [2.45, 2.75) is 11.3 Å². The fourth-order valence-electron chi connectivity index (χ4n) is 1.61. The Hall–Kier alpha value is -1.93. The lowest BCUT2D eigenvalue weighted by atomic mass is 10.2. The van der Waals surface area contributed by atoms with E-state index in [1.165, 1.54) is 17.5 Å². The van der Waals surface area contributed by atoms with Crippen molar-refractivity contribution in [3.8, 4) is 0 Å². The number of aromatic nitrogens is 3. The van der Waals surface area contributed by atoms with Crippen molar-refractivity contribution in [1.82, 2.24) is 19.5 Å². The van der Waals surface area contributed by atoms with Gasteiger partial charge < -0.3 is 5.73 Å². The van der Waals surface area contributed by atoms with Crippen LogP contribution in [0.1, 0.15) is 5.56 Å². The van der Waals surface area contributed by atoms with E-state index in [1.807, 2.05) is 12.1 Å². The average Bonchev–Trinajstić information content (AvgIpc) is 2.84. The number of nitrogen functional groups attached to an aromatic ring is 1. The van der Waals surface area contributed by atoms with Crippen molar-refractivity contribution in [1.29, 1.82) is 0 Å². The quantitative estimate of drug-likeness (QED) is 0.817. The Morgan fingerprint density at radius 3 is 2.63 bits per heavy atom. The van der Waals surface area contributed by atoms with Crippen LogP contribution in [0.4, 0.5) is 5.82 Å². The van der Waals surface area contributed by atoms with Gasteiger partial charge in [-0.1, -0.05) is 0 Å². The summed E-state index contributed by atoms with van der Waals surface area (Å²) in [6.07, 6.45) is 5.18. The van der Waals surface area contributed by atoms with Crippen LogP contribution < -0.4 is 5.73 Å². The number of aromatic amines is 1. The number of anilines is 1. The molecule has 0 aliphatic rings. The maximum absolute atomic E-state index is 12.2. The van der Waals surface area contributed by atoms with Gasteiger partial charge in [-0.15, -0.1) is 0 Å². The Balaban J connectivity index is 2.08. The molecule has 0 fully saturated rings. The highest BCUT2D eigenvalue weighted by atomic mass is 32.2. The van der Waals surface area contributed by atoms with E-state index in [0.717, 1.165) is 5.56 Å². The molecule has 0 unspecified atom stereocenters. The molecule has 0 spiro atoms. The Labute approximate surface area is 111 Å². The van der Waals surface area contributed by atoms with Gasteiger partial charge in [-0.05, 0) is 24.1 Å². The lowest BCUT2D eigenvalue weighted by Gasteiger charge is -2.16. The standard InChI is InChI=1S/C11H15N5O2S/c1-16(7-4-9-2-5-13-6-3-9)19(17,18)10-8-14-15-11(10)12/h2-3,5-6,8H,4,7H2,1H3,(H3,12,14,15). The molecule has 0 saturated heterocycles. The third kappa shape index (κ3) is 2.91. The number of hydrogen-bond acceptors (Lipinski definition) is 5. The minimum absolute atomic E-state index is 0.00438. The molecule has 2 heterocycles. The van der Waals surface area contributed by atoms with Crippen molar-refractivity contribution in [2.75, 3.05) is 19.3 Å². The van der Waals surface area contributed by atoms with Gasteiger partial charge in [0.15, 0.2) is 0 Å². The number of nitrogens with two attached hydrogens (primary N) is 1. The molecule has 2 rings (SSSR count). The van der Waals surface area contributed by atoms with Crippen molar-refractivity contribution in [3.05, 3.63) is 36.3 Å². The SMILES string of the molecule is CN(CCc1ccncc1)S(=O)(=O)c1cn[nH]c1N. The first kappa shape index (κ1) is 13.5. The lowest BCUT2D eigenvalue weighted by molar-refractivity contribution is 0.473. The zero-order valence-corrected chi connectivity index (χ0v) is 11.3. The van der Waals surface area contributed by atoms with Crippen LogP contribution in [0.3, 0.4) is 0 Å².